The van der Waals surface area contributed by atoms with E-state index in [1.54, 1.807) is 18.7 Å². The number of carbonyl (C=O) groups is 2. The van der Waals surface area contributed by atoms with Gasteiger partial charge in [0.1, 0.15) is 0 Å². The van der Waals surface area contributed by atoms with Crippen LogP contribution in [0.2, 0.25) is 0 Å². The van der Waals surface area contributed by atoms with Crippen molar-refractivity contribution in [3.05, 3.63) is 40.9 Å². The molecule has 25 heavy (non-hydrogen) atoms. The molecule has 1 heterocycles. The van der Waals surface area contributed by atoms with E-state index in [0.717, 1.165) is 23.4 Å². The van der Waals surface area contributed by atoms with E-state index in [4.69, 9.17) is 4.74 Å². The van der Waals surface area contributed by atoms with Crippen molar-refractivity contribution < 1.29 is 14.3 Å². The number of rotatable bonds is 8. The second-order valence-corrected chi connectivity index (χ2v) is 7.08. The molecule has 0 unspecified atom stereocenters. The van der Waals surface area contributed by atoms with Crippen molar-refractivity contribution in [2.24, 2.45) is 0 Å². The van der Waals surface area contributed by atoms with E-state index < -0.39 is 0 Å². The fraction of sp³-hybridized carbons (Fsp3) is 0.389. The molecule has 1 aromatic carbocycles. The number of hydrogen-bond acceptors (Lipinski definition) is 6. The molecule has 0 aliphatic rings. The first-order chi connectivity index (χ1) is 12.1. The molecule has 0 N–H and O–H groups in total. The summed E-state index contributed by atoms with van der Waals surface area (Å²) in [5.41, 5.74) is 2.83. The molecule has 7 heteroatoms. The van der Waals surface area contributed by atoms with E-state index in [1.807, 2.05) is 29.6 Å². The lowest BCUT2D eigenvalue weighted by Crippen LogP contribution is -2.23. The first-order valence-corrected chi connectivity index (χ1v) is 10.2. The summed E-state index contributed by atoms with van der Waals surface area (Å²) in [5.74, 6) is 0.623. The molecule has 134 valence electrons. The Kier molecular flexibility index (Phi) is 7.46. The molecule has 0 aliphatic heterocycles. The highest BCUT2D eigenvalue weighted by atomic mass is 32.2. The maximum atomic E-state index is 12.2. The third-order valence-corrected chi connectivity index (χ3v) is 5.25. The van der Waals surface area contributed by atoms with Gasteiger partial charge in [0.25, 0.3) is 0 Å². The van der Waals surface area contributed by atoms with Gasteiger partial charge in [-0.1, -0.05) is 25.1 Å². The molecule has 0 radical (unpaired) electrons. The van der Waals surface area contributed by atoms with Crippen LogP contribution in [-0.4, -0.2) is 29.2 Å². The average Bonchev–Trinajstić information content (AvgIpc) is 3.04. The van der Waals surface area contributed by atoms with Gasteiger partial charge < -0.3 is 4.74 Å². The van der Waals surface area contributed by atoms with Crippen LogP contribution < -0.4 is 4.90 Å². The van der Waals surface area contributed by atoms with Gasteiger partial charge in [0.05, 0.1) is 23.7 Å². The molecular weight excluding hydrogens is 356 g/mol. The molecule has 0 atom stereocenters. The van der Waals surface area contributed by atoms with Crippen LogP contribution in [0.4, 0.5) is 10.8 Å². The number of benzene rings is 1. The summed E-state index contributed by atoms with van der Waals surface area (Å²) in [7, 11) is 0. The fourth-order valence-corrected chi connectivity index (χ4v) is 4.04. The van der Waals surface area contributed by atoms with Crippen LogP contribution in [0.15, 0.2) is 29.6 Å². The largest absolute Gasteiger partial charge is 0.465 e. The van der Waals surface area contributed by atoms with Crippen molar-refractivity contribution in [2.75, 3.05) is 17.3 Å². The Balaban J connectivity index is 2.12. The Bertz CT molecular complexity index is 731. The Morgan fingerprint density at radius 2 is 2.04 bits per heavy atom. The number of amides is 1. The lowest BCUT2D eigenvalue weighted by molar-refractivity contribution is -0.139. The normalized spacial score (nSPS) is 10.5. The molecule has 5 nitrogen and oxygen atoms in total. The number of ether oxygens (including phenoxy) is 1. The van der Waals surface area contributed by atoms with Gasteiger partial charge >= 0.3 is 5.97 Å². The van der Waals surface area contributed by atoms with Crippen LogP contribution in [0.1, 0.15) is 32.0 Å². The van der Waals surface area contributed by atoms with Gasteiger partial charge in [-0.2, -0.15) is 0 Å². The minimum absolute atomic E-state index is 0.0685. The summed E-state index contributed by atoms with van der Waals surface area (Å²) in [4.78, 5) is 29.8. The van der Waals surface area contributed by atoms with Crippen LogP contribution in [0.3, 0.4) is 0 Å². The van der Waals surface area contributed by atoms with Gasteiger partial charge in [-0.25, -0.2) is 4.98 Å². The van der Waals surface area contributed by atoms with Crippen molar-refractivity contribution in [2.45, 2.75) is 32.9 Å². The van der Waals surface area contributed by atoms with Crippen molar-refractivity contribution in [1.82, 2.24) is 4.98 Å². The first kappa shape index (κ1) is 19.5. The molecule has 0 saturated heterocycles. The topological polar surface area (TPSA) is 59.5 Å². The van der Waals surface area contributed by atoms with Crippen LogP contribution in [-0.2, 0) is 26.5 Å². The maximum Gasteiger partial charge on any atom is 0.315 e. The minimum Gasteiger partial charge on any atom is -0.465 e. The quantitative estimate of drug-likeness (QED) is 0.645. The Morgan fingerprint density at radius 3 is 2.72 bits per heavy atom. The summed E-state index contributed by atoms with van der Waals surface area (Å²) in [5, 5.41) is 2.58. The summed E-state index contributed by atoms with van der Waals surface area (Å²) in [6.07, 6.45) is 0.841. The molecule has 0 aliphatic carbocycles. The number of para-hydroxylation sites is 1. The van der Waals surface area contributed by atoms with Gasteiger partial charge in [-0.3, -0.25) is 14.5 Å². The standard InChI is InChI=1S/C18H22N2O3S2/c1-4-14-8-6-7-9-16(14)20(13(3)21)18-19-15(11-25-18)10-24-12-17(22)23-5-2/h6-9,11H,4-5,10,12H2,1-3H3. The van der Waals surface area contributed by atoms with Crippen LogP contribution in [0, 0.1) is 0 Å². The van der Waals surface area contributed by atoms with Gasteiger partial charge in [0.2, 0.25) is 5.91 Å². The minimum atomic E-state index is -0.217. The van der Waals surface area contributed by atoms with Gasteiger partial charge in [-0.15, -0.1) is 23.1 Å². The number of aryl methyl sites for hydroxylation is 1. The molecule has 0 spiro atoms. The predicted molar refractivity (Wildman–Crippen MR) is 104 cm³/mol. The zero-order chi connectivity index (χ0) is 18.2. The van der Waals surface area contributed by atoms with Crippen LogP contribution in [0.25, 0.3) is 0 Å². The number of esters is 1. The van der Waals surface area contributed by atoms with Gasteiger partial charge in [-0.05, 0) is 25.0 Å². The molecule has 0 bridgehead atoms. The summed E-state index contributed by atoms with van der Waals surface area (Å²) in [6, 6.07) is 7.86. The van der Waals surface area contributed by atoms with Crippen molar-refractivity contribution in [3.8, 4) is 0 Å². The van der Waals surface area contributed by atoms with Crippen LogP contribution >= 0.6 is 23.1 Å². The first-order valence-electron chi connectivity index (χ1n) is 8.13. The second kappa shape index (κ2) is 9.58. The highest BCUT2D eigenvalue weighted by Crippen LogP contribution is 2.32. The summed E-state index contributed by atoms with van der Waals surface area (Å²) >= 11 is 2.89. The number of hydrogen-bond donors (Lipinski definition) is 0. The number of thiazole rings is 1. The second-order valence-electron chi connectivity index (χ2n) is 5.26. The third-order valence-electron chi connectivity index (χ3n) is 3.43. The molecule has 2 rings (SSSR count). The fourth-order valence-electron chi connectivity index (χ4n) is 2.34. The number of thioether (sulfide) groups is 1. The molecular formula is C18H22N2O3S2. The van der Waals surface area contributed by atoms with Crippen molar-refractivity contribution in [3.63, 3.8) is 0 Å². The Morgan fingerprint density at radius 1 is 1.28 bits per heavy atom. The summed E-state index contributed by atoms with van der Waals surface area (Å²) in [6.45, 7) is 5.80. The average molecular weight is 379 g/mol. The van der Waals surface area contributed by atoms with E-state index in [-0.39, 0.29) is 11.9 Å². The highest BCUT2D eigenvalue weighted by molar-refractivity contribution is 7.99. The molecule has 2 aromatic rings. The van der Waals surface area contributed by atoms with Crippen molar-refractivity contribution >= 4 is 45.8 Å². The van der Waals surface area contributed by atoms with E-state index in [0.29, 0.717) is 23.2 Å². The van der Waals surface area contributed by atoms with E-state index in [1.165, 1.54) is 23.1 Å². The molecule has 0 saturated carbocycles. The van der Waals surface area contributed by atoms with Gasteiger partial charge in [0, 0.05) is 18.1 Å². The van der Waals surface area contributed by atoms with Gasteiger partial charge in [0.15, 0.2) is 5.13 Å². The number of anilines is 2. The zero-order valence-electron chi connectivity index (χ0n) is 14.7. The predicted octanol–water partition coefficient (Wildman–Crippen LogP) is 4.19. The monoisotopic (exact) mass is 378 g/mol. The van der Waals surface area contributed by atoms with E-state index >= 15 is 0 Å². The summed E-state index contributed by atoms with van der Waals surface area (Å²) < 4.78 is 4.91. The number of carbonyl (C=O) groups excluding carboxylic acids is 2. The lowest BCUT2D eigenvalue weighted by atomic mass is 10.1. The lowest BCUT2D eigenvalue weighted by Gasteiger charge is -2.20. The third kappa shape index (κ3) is 5.31. The maximum absolute atomic E-state index is 12.2. The zero-order valence-corrected chi connectivity index (χ0v) is 16.3. The number of aromatic nitrogens is 1. The van der Waals surface area contributed by atoms with Crippen LogP contribution in [0.5, 0.6) is 0 Å². The molecule has 1 aromatic heterocycles. The highest BCUT2D eigenvalue weighted by Gasteiger charge is 2.20. The molecule has 0 fully saturated rings. The SMILES string of the molecule is CCOC(=O)CSCc1csc(N(C(C)=O)c2ccccc2CC)n1. The Hall–Kier alpha value is -1.86. The Labute approximate surface area is 156 Å². The van der Waals surface area contributed by atoms with E-state index in [2.05, 4.69) is 11.9 Å². The molecule has 1 amide bonds. The van der Waals surface area contributed by atoms with E-state index in [9.17, 15) is 9.59 Å². The number of nitrogens with zero attached hydrogens (tertiary/aromatic N) is 2. The van der Waals surface area contributed by atoms with Crippen molar-refractivity contribution in [1.29, 1.82) is 0 Å². The smallest absolute Gasteiger partial charge is 0.315 e.